The number of carbonyl (C=O) groups excluding carboxylic acids is 1. The van der Waals surface area contributed by atoms with Gasteiger partial charge < -0.3 is 15.7 Å². The number of aliphatic carboxylic acids is 1. The van der Waals surface area contributed by atoms with Crippen molar-refractivity contribution in [3.63, 3.8) is 0 Å². The van der Waals surface area contributed by atoms with Crippen molar-refractivity contribution in [2.75, 3.05) is 0 Å². The van der Waals surface area contributed by atoms with Gasteiger partial charge in [0.05, 0.1) is 23.2 Å². The molecule has 1 aromatic heterocycles. The van der Waals surface area contributed by atoms with E-state index < -0.39 is 11.9 Å². The van der Waals surface area contributed by atoms with Gasteiger partial charge in [0.15, 0.2) is 0 Å². The first-order valence-electron chi connectivity index (χ1n) is 10.2. The summed E-state index contributed by atoms with van der Waals surface area (Å²) in [7, 11) is 0. The molecule has 1 saturated carbocycles. The van der Waals surface area contributed by atoms with Crippen LogP contribution in [0, 0.1) is 5.92 Å². The molecule has 0 radical (unpaired) electrons. The molecule has 1 amide bonds. The van der Waals surface area contributed by atoms with Gasteiger partial charge in [-0.3, -0.25) is 14.6 Å². The molecule has 3 rings (SSSR count). The van der Waals surface area contributed by atoms with Crippen molar-refractivity contribution in [3.05, 3.63) is 42.1 Å². The summed E-state index contributed by atoms with van der Waals surface area (Å²) in [6.07, 6.45) is 4.87. The number of fused-ring (bicyclic) bond motifs is 1. The molecule has 0 spiro atoms. The van der Waals surface area contributed by atoms with E-state index in [1.54, 1.807) is 0 Å². The third kappa shape index (κ3) is 5.07. The Balaban J connectivity index is 1.63. The Hall–Kier alpha value is -2.47. The fourth-order valence-corrected chi connectivity index (χ4v) is 3.88. The molecule has 6 nitrogen and oxygen atoms in total. The highest BCUT2D eigenvalue weighted by Gasteiger charge is 2.35. The molecule has 1 aromatic carbocycles. The number of nitrogens with one attached hydrogen (secondary N) is 2. The molecule has 3 N–H and O–H groups in total. The normalized spacial score (nSPS) is 20.2. The second-order valence-corrected chi connectivity index (χ2v) is 7.56. The van der Waals surface area contributed by atoms with Crippen LogP contribution in [0.4, 0.5) is 0 Å². The maximum absolute atomic E-state index is 12.8. The van der Waals surface area contributed by atoms with Gasteiger partial charge in [-0.2, -0.15) is 0 Å². The van der Waals surface area contributed by atoms with Crippen LogP contribution in [0.25, 0.3) is 10.9 Å². The van der Waals surface area contributed by atoms with Gasteiger partial charge in [0.25, 0.3) is 0 Å². The van der Waals surface area contributed by atoms with Gasteiger partial charge in [0.1, 0.15) is 0 Å². The highest BCUT2D eigenvalue weighted by atomic mass is 16.4. The minimum absolute atomic E-state index is 0.104. The van der Waals surface area contributed by atoms with Crippen molar-refractivity contribution in [2.24, 2.45) is 5.92 Å². The van der Waals surface area contributed by atoms with E-state index in [2.05, 4.69) is 22.5 Å². The molecule has 150 valence electrons. The summed E-state index contributed by atoms with van der Waals surface area (Å²) >= 11 is 0. The minimum atomic E-state index is -0.818. The molecule has 1 fully saturated rings. The average Bonchev–Trinajstić information content (AvgIpc) is 3.16. The summed E-state index contributed by atoms with van der Waals surface area (Å²) in [5.74, 6) is -1.40. The number of para-hydroxylation sites is 1. The van der Waals surface area contributed by atoms with Gasteiger partial charge in [-0.1, -0.05) is 50.5 Å². The molecule has 1 aliphatic carbocycles. The van der Waals surface area contributed by atoms with Crippen molar-refractivity contribution in [3.8, 4) is 0 Å². The van der Waals surface area contributed by atoms with Crippen molar-refractivity contribution < 1.29 is 14.7 Å². The van der Waals surface area contributed by atoms with Gasteiger partial charge in [0, 0.05) is 18.0 Å². The van der Waals surface area contributed by atoms with E-state index in [0.29, 0.717) is 13.0 Å². The Morgan fingerprint density at radius 2 is 2.04 bits per heavy atom. The van der Waals surface area contributed by atoms with E-state index in [4.69, 9.17) is 0 Å². The number of hydrogen-bond acceptors (Lipinski definition) is 4. The number of carboxylic acids is 1. The minimum Gasteiger partial charge on any atom is -0.481 e. The quantitative estimate of drug-likeness (QED) is 0.618. The Labute approximate surface area is 165 Å². The maximum atomic E-state index is 12.8. The number of unbranched alkanes of at least 4 members (excludes halogenated alkanes) is 1. The number of aromatic nitrogens is 1. The third-order valence-electron chi connectivity index (χ3n) is 5.51. The molecule has 0 unspecified atom stereocenters. The van der Waals surface area contributed by atoms with E-state index >= 15 is 0 Å². The van der Waals surface area contributed by atoms with Gasteiger partial charge in [-0.25, -0.2) is 0 Å². The van der Waals surface area contributed by atoms with Gasteiger partial charge in [0.2, 0.25) is 5.91 Å². The van der Waals surface area contributed by atoms with Crippen LogP contribution >= 0.6 is 0 Å². The summed E-state index contributed by atoms with van der Waals surface area (Å²) in [6, 6.07) is 11.4. The lowest BCUT2D eigenvalue weighted by Crippen LogP contribution is -2.49. The van der Waals surface area contributed by atoms with Crippen LogP contribution < -0.4 is 10.6 Å². The fraction of sp³-hybridized carbons (Fsp3) is 0.500. The molecule has 0 aliphatic heterocycles. The SMILES string of the molecule is CCCC[C@H](NCc1ccc2ccccc2n1)C(=O)N[C@H]1CCC[C@H]1C(=O)O. The molecule has 3 atom stereocenters. The van der Waals surface area contributed by atoms with Crippen LogP contribution in [0.2, 0.25) is 0 Å². The summed E-state index contributed by atoms with van der Waals surface area (Å²) in [4.78, 5) is 28.9. The van der Waals surface area contributed by atoms with E-state index in [1.165, 1.54) is 0 Å². The number of hydrogen-bond donors (Lipinski definition) is 3. The zero-order valence-corrected chi connectivity index (χ0v) is 16.4. The number of pyridine rings is 1. The Morgan fingerprint density at radius 1 is 1.21 bits per heavy atom. The topological polar surface area (TPSA) is 91.3 Å². The Kier molecular flexibility index (Phi) is 6.98. The molecule has 28 heavy (non-hydrogen) atoms. The molecular formula is C22H29N3O3. The first-order chi connectivity index (χ1) is 13.6. The lowest BCUT2D eigenvalue weighted by Gasteiger charge is -2.23. The predicted octanol–water partition coefficient (Wildman–Crippen LogP) is 3.25. The summed E-state index contributed by atoms with van der Waals surface area (Å²) in [6.45, 7) is 2.59. The van der Waals surface area contributed by atoms with Crippen LogP contribution in [-0.2, 0) is 16.1 Å². The molecule has 1 heterocycles. The first-order valence-corrected chi connectivity index (χ1v) is 10.2. The van der Waals surface area contributed by atoms with Crippen molar-refractivity contribution in [1.29, 1.82) is 0 Å². The fourth-order valence-electron chi connectivity index (χ4n) is 3.88. The molecule has 1 aliphatic rings. The standard InChI is InChI=1S/C22H29N3O3/c1-2-3-9-20(21(26)25-19-11-6-8-17(19)22(27)28)23-14-16-13-12-15-7-4-5-10-18(15)24-16/h4-5,7,10,12-13,17,19-20,23H,2-3,6,8-9,11,14H2,1H3,(H,25,26)(H,27,28)/t17-,19+,20+/m1/s1. The number of nitrogens with zero attached hydrogens (tertiary/aromatic N) is 1. The van der Waals surface area contributed by atoms with E-state index in [1.807, 2.05) is 36.4 Å². The lowest BCUT2D eigenvalue weighted by molar-refractivity contribution is -0.142. The second-order valence-electron chi connectivity index (χ2n) is 7.56. The summed E-state index contributed by atoms with van der Waals surface area (Å²) < 4.78 is 0. The van der Waals surface area contributed by atoms with Gasteiger partial charge >= 0.3 is 5.97 Å². The smallest absolute Gasteiger partial charge is 0.308 e. The van der Waals surface area contributed by atoms with E-state index in [-0.39, 0.29) is 18.0 Å². The molecular weight excluding hydrogens is 354 g/mol. The van der Waals surface area contributed by atoms with Gasteiger partial charge in [-0.05, 0) is 31.4 Å². The van der Waals surface area contributed by atoms with Crippen molar-refractivity contribution in [2.45, 2.75) is 64.1 Å². The second kappa shape index (κ2) is 9.64. The van der Waals surface area contributed by atoms with Crippen LogP contribution in [0.1, 0.15) is 51.1 Å². The predicted molar refractivity (Wildman–Crippen MR) is 109 cm³/mol. The molecule has 2 aromatic rings. The molecule has 0 bridgehead atoms. The lowest BCUT2D eigenvalue weighted by atomic mass is 10.0. The zero-order valence-electron chi connectivity index (χ0n) is 16.4. The van der Waals surface area contributed by atoms with Crippen LogP contribution in [0.5, 0.6) is 0 Å². The van der Waals surface area contributed by atoms with Crippen molar-refractivity contribution in [1.82, 2.24) is 15.6 Å². The van der Waals surface area contributed by atoms with Gasteiger partial charge in [-0.15, -0.1) is 0 Å². The van der Waals surface area contributed by atoms with Crippen LogP contribution in [0.15, 0.2) is 36.4 Å². The Morgan fingerprint density at radius 3 is 2.82 bits per heavy atom. The number of rotatable bonds is 9. The largest absolute Gasteiger partial charge is 0.481 e. The first kappa shape index (κ1) is 20.3. The third-order valence-corrected chi connectivity index (χ3v) is 5.51. The van der Waals surface area contributed by atoms with E-state index in [9.17, 15) is 14.7 Å². The summed E-state index contributed by atoms with van der Waals surface area (Å²) in [5.41, 5.74) is 1.82. The van der Waals surface area contributed by atoms with Crippen LogP contribution in [0.3, 0.4) is 0 Å². The Bertz CT molecular complexity index is 824. The maximum Gasteiger partial charge on any atom is 0.308 e. The molecule has 6 heteroatoms. The number of amides is 1. The highest BCUT2D eigenvalue weighted by molar-refractivity contribution is 5.83. The molecule has 0 saturated heterocycles. The highest BCUT2D eigenvalue weighted by Crippen LogP contribution is 2.26. The summed E-state index contributed by atoms with van der Waals surface area (Å²) in [5, 5.41) is 16.7. The van der Waals surface area contributed by atoms with Crippen molar-refractivity contribution >= 4 is 22.8 Å². The van der Waals surface area contributed by atoms with E-state index in [0.717, 1.165) is 48.7 Å². The van der Waals surface area contributed by atoms with Crippen LogP contribution in [-0.4, -0.2) is 34.1 Å². The zero-order chi connectivity index (χ0) is 19.9. The number of carbonyl (C=O) groups is 2. The average molecular weight is 383 g/mol. The number of benzene rings is 1. The number of carboxylic acid groups (broad SMARTS) is 1. The monoisotopic (exact) mass is 383 g/mol.